The summed E-state index contributed by atoms with van der Waals surface area (Å²) in [7, 11) is 0. The number of carbonyl (C=O) groups is 2. The minimum atomic E-state index is -0.633. The number of aryl methyl sites for hydroxylation is 2. The molecule has 4 aromatic heterocycles. The third kappa shape index (κ3) is 6.85. The van der Waals surface area contributed by atoms with Crippen molar-refractivity contribution >= 4 is 62.5 Å². The number of amides is 2. The number of H-pyrrole nitrogens is 2. The first-order valence-corrected chi connectivity index (χ1v) is 15.6. The Morgan fingerprint density at radius 2 is 1.38 bits per heavy atom. The maximum absolute atomic E-state index is 11.8. The molecule has 0 unspecified atom stereocenters. The summed E-state index contributed by atoms with van der Waals surface area (Å²) in [6, 6.07) is 9.39. The van der Waals surface area contributed by atoms with Gasteiger partial charge in [-0.15, -0.1) is 0 Å². The zero-order valence-corrected chi connectivity index (χ0v) is 27.9. The molecule has 2 amide bonds. The second kappa shape index (κ2) is 14.9. The SMILES string of the molecule is CC.Cc1ccc2[nH]ncc2c1-c1c(N)c(C(N)=O)cc2nccnc12.Cc1ccc2[nH]ncc2c1/C=C(N)/C(=C\c1cnccn1)C(N)=O. The number of nitrogens with two attached hydrogens (primary N) is 4. The Hall–Kier alpha value is -6.96. The van der Waals surface area contributed by atoms with E-state index in [9.17, 15) is 9.59 Å². The molecule has 10 N–H and O–H groups in total. The number of rotatable bonds is 6. The Morgan fingerprint density at radius 1 is 0.740 bits per heavy atom. The average Bonchev–Trinajstić information content (AvgIpc) is 3.80. The van der Waals surface area contributed by atoms with Crippen molar-refractivity contribution in [2.45, 2.75) is 27.7 Å². The first-order valence-electron chi connectivity index (χ1n) is 15.6. The van der Waals surface area contributed by atoms with Crippen molar-refractivity contribution in [2.75, 3.05) is 5.73 Å². The van der Waals surface area contributed by atoms with E-state index < -0.39 is 11.8 Å². The van der Waals surface area contributed by atoms with Crippen molar-refractivity contribution in [3.05, 3.63) is 113 Å². The van der Waals surface area contributed by atoms with Gasteiger partial charge in [0.05, 0.1) is 63.2 Å². The van der Waals surface area contributed by atoms with E-state index in [1.54, 1.807) is 43.1 Å². The van der Waals surface area contributed by atoms with Crippen LogP contribution in [0.2, 0.25) is 0 Å². The van der Waals surface area contributed by atoms with Crippen LogP contribution in [0.4, 0.5) is 5.69 Å². The molecule has 252 valence electrons. The van der Waals surface area contributed by atoms with Crippen LogP contribution in [0.3, 0.4) is 0 Å². The van der Waals surface area contributed by atoms with Crippen LogP contribution in [0.1, 0.15) is 46.6 Å². The second-order valence-corrected chi connectivity index (χ2v) is 10.9. The molecule has 7 aromatic rings. The number of aromatic nitrogens is 8. The van der Waals surface area contributed by atoms with Gasteiger partial charge in [0, 0.05) is 46.8 Å². The van der Waals surface area contributed by atoms with Gasteiger partial charge in [-0.3, -0.25) is 39.7 Å². The average molecular weight is 669 g/mol. The fourth-order valence-corrected chi connectivity index (χ4v) is 5.44. The van der Waals surface area contributed by atoms with Crippen molar-refractivity contribution < 1.29 is 9.59 Å². The second-order valence-electron chi connectivity index (χ2n) is 10.9. The zero-order chi connectivity index (χ0) is 35.9. The van der Waals surface area contributed by atoms with Crippen LogP contribution < -0.4 is 22.9 Å². The first-order chi connectivity index (χ1) is 24.1. The zero-order valence-electron chi connectivity index (χ0n) is 27.9. The number of primary amides is 2. The van der Waals surface area contributed by atoms with Gasteiger partial charge in [0.25, 0.3) is 11.8 Å². The smallest absolute Gasteiger partial charge is 0.250 e. The highest BCUT2D eigenvalue weighted by atomic mass is 16.1. The Bertz CT molecular complexity index is 2410. The number of anilines is 1. The maximum Gasteiger partial charge on any atom is 0.250 e. The summed E-state index contributed by atoms with van der Waals surface area (Å²) in [5.41, 5.74) is 32.2. The third-order valence-corrected chi connectivity index (χ3v) is 7.79. The predicted molar refractivity (Wildman–Crippen MR) is 196 cm³/mol. The predicted octanol–water partition coefficient (Wildman–Crippen LogP) is 4.72. The number of fused-ring (bicyclic) bond motifs is 3. The maximum atomic E-state index is 11.8. The van der Waals surface area contributed by atoms with E-state index in [2.05, 4.69) is 40.3 Å². The molecule has 4 heterocycles. The number of nitrogens with zero attached hydrogens (tertiary/aromatic N) is 6. The van der Waals surface area contributed by atoms with E-state index in [-0.39, 0.29) is 16.8 Å². The van der Waals surface area contributed by atoms with E-state index in [1.807, 2.05) is 52.0 Å². The van der Waals surface area contributed by atoms with Crippen LogP contribution in [0.25, 0.3) is 56.1 Å². The number of benzene rings is 3. The van der Waals surface area contributed by atoms with Crippen molar-refractivity contribution in [1.29, 1.82) is 0 Å². The molecule has 0 bridgehead atoms. The minimum Gasteiger partial charge on any atom is -0.398 e. The quantitative estimate of drug-likeness (QED) is 0.0808. The molecule has 0 aliphatic carbocycles. The highest BCUT2D eigenvalue weighted by Gasteiger charge is 2.21. The molecule has 0 saturated carbocycles. The molecule has 0 spiro atoms. The summed E-state index contributed by atoms with van der Waals surface area (Å²) in [6.07, 6.45) is 14.5. The molecule has 50 heavy (non-hydrogen) atoms. The lowest BCUT2D eigenvalue weighted by molar-refractivity contribution is -0.114. The first kappa shape index (κ1) is 34.4. The molecule has 0 radical (unpaired) electrons. The van der Waals surface area contributed by atoms with Crippen molar-refractivity contribution in [3.8, 4) is 11.1 Å². The van der Waals surface area contributed by atoms with Gasteiger partial charge in [-0.2, -0.15) is 10.2 Å². The van der Waals surface area contributed by atoms with Crippen LogP contribution >= 0.6 is 0 Å². The monoisotopic (exact) mass is 668 g/mol. The number of nitrogen functional groups attached to an aromatic ring is 1. The van der Waals surface area contributed by atoms with E-state index in [0.717, 1.165) is 44.1 Å². The minimum absolute atomic E-state index is 0.176. The number of carbonyl (C=O) groups excluding carboxylic acids is 2. The molecule has 14 nitrogen and oxygen atoms in total. The summed E-state index contributed by atoms with van der Waals surface area (Å²) in [4.78, 5) is 40.4. The van der Waals surface area contributed by atoms with Gasteiger partial charge in [0.2, 0.25) is 0 Å². The molecule has 0 saturated heterocycles. The number of hydrogen-bond acceptors (Lipinski definition) is 10. The highest BCUT2D eigenvalue weighted by molar-refractivity contribution is 6.13. The Kier molecular flexibility index (Phi) is 10.2. The van der Waals surface area contributed by atoms with E-state index in [0.29, 0.717) is 28.0 Å². The molecular formula is C36H36N12O2. The standard InChI is InChI=1S/C17H14N6O.C17H16N6O.C2H6/c1-8-2-3-11-10(7-22-23-11)13(8)14-15(18)9(17(19)24)6-12-16(14)21-5-4-20-12;1-10-2-3-16-14(9-22-23-16)12(10)7-15(18)13(17(19)24)6-11-8-20-4-5-21-11;1-2/h2-7H,18H2,1H3,(H2,19,24)(H,22,23);2-9H,18H2,1H3,(H2,19,24)(H,22,23);1-2H3/b;13-6+,15-7-;. The Morgan fingerprint density at radius 3 is 2.04 bits per heavy atom. The lowest BCUT2D eigenvalue weighted by atomic mass is 9.92. The molecule has 0 atom stereocenters. The molecule has 7 rings (SSSR count). The lowest BCUT2D eigenvalue weighted by Gasteiger charge is -2.15. The van der Waals surface area contributed by atoms with Crippen LogP contribution in [-0.4, -0.2) is 52.1 Å². The van der Waals surface area contributed by atoms with Gasteiger partial charge in [-0.05, 0) is 66.5 Å². The van der Waals surface area contributed by atoms with Crippen LogP contribution in [0.5, 0.6) is 0 Å². The third-order valence-electron chi connectivity index (χ3n) is 7.79. The summed E-state index contributed by atoms with van der Waals surface area (Å²) in [6.45, 7) is 7.93. The number of nitrogens with one attached hydrogen (secondary N) is 2. The Labute approximate surface area is 286 Å². The molecule has 0 aliphatic rings. The summed E-state index contributed by atoms with van der Waals surface area (Å²) < 4.78 is 0. The van der Waals surface area contributed by atoms with Crippen molar-refractivity contribution in [2.24, 2.45) is 17.2 Å². The molecule has 0 fully saturated rings. The lowest BCUT2D eigenvalue weighted by Crippen LogP contribution is -2.19. The molecular weight excluding hydrogens is 632 g/mol. The Balaban J connectivity index is 0.000000185. The number of hydrogen-bond donors (Lipinski definition) is 6. The number of aromatic amines is 2. The van der Waals surface area contributed by atoms with E-state index >= 15 is 0 Å². The molecule has 14 heteroatoms. The van der Waals surface area contributed by atoms with Gasteiger partial charge in [0.1, 0.15) is 0 Å². The molecule has 0 aliphatic heterocycles. The van der Waals surface area contributed by atoms with Crippen LogP contribution in [-0.2, 0) is 4.79 Å². The summed E-state index contributed by atoms with van der Waals surface area (Å²) >= 11 is 0. The van der Waals surface area contributed by atoms with Crippen LogP contribution in [0, 0.1) is 13.8 Å². The van der Waals surface area contributed by atoms with Gasteiger partial charge in [0.15, 0.2) is 0 Å². The van der Waals surface area contributed by atoms with Gasteiger partial charge >= 0.3 is 0 Å². The van der Waals surface area contributed by atoms with Gasteiger partial charge in [-0.25, -0.2) is 0 Å². The van der Waals surface area contributed by atoms with Gasteiger partial charge in [-0.1, -0.05) is 26.0 Å². The topological polar surface area (TPSA) is 247 Å². The van der Waals surface area contributed by atoms with Crippen LogP contribution in [0.15, 0.2) is 85.0 Å². The van der Waals surface area contributed by atoms with Gasteiger partial charge < -0.3 is 22.9 Å². The molecule has 3 aromatic carbocycles. The van der Waals surface area contributed by atoms with Crippen molar-refractivity contribution in [1.82, 2.24) is 40.3 Å². The largest absolute Gasteiger partial charge is 0.398 e. The normalized spacial score (nSPS) is 11.5. The fraction of sp³-hybridized carbons (Fsp3) is 0.111. The fourth-order valence-electron chi connectivity index (χ4n) is 5.44. The van der Waals surface area contributed by atoms with E-state index in [4.69, 9.17) is 22.9 Å². The summed E-state index contributed by atoms with van der Waals surface area (Å²) in [5, 5.41) is 15.8. The van der Waals surface area contributed by atoms with Crippen molar-refractivity contribution in [3.63, 3.8) is 0 Å². The summed E-state index contributed by atoms with van der Waals surface area (Å²) in [5.74, 6) is -1.23. The highest BCUT2D eigenvalue weighted by Crippen LogP contribution is 2.40. The van der Waals surface area contributed by atoms with E-state index in [1.165, 1.54) is 18.5 Å².